The highest BCUT2D eigenvalue weighted by Crippen LogP contribution is 2.14. The van der Waals surface area contributed by atoms with Crippen LogP contribution in [0.5, 0.6) is 0 Å². The Morgan fingerprint density at radius 2 is 2.43 bits per heavy atom. The molecular weight excluding hydrogens is 206 g/mol. The second kappa shape index (κ2) is 3.67. The van der Waals surface area contributed by atoms with Crippen LogP contribution >= 0.6 is 11.6 Å². The fourth-order valence-corrected chi connectivity index (χ4v) is 1.21. The summed E-state index contributed by atoms with van der Waals surface area (Å²) in [6.45, 7) is 0. The zero-order valence-corrected chi connectivity index (χ0v) is 7.82. The predicted octanol–water partition coefficient (Wildman–Crippen LogP) is 2.18. The molecule has 2 rings (SSSR count). The molecule has 14 heavy (non-hydrogen) atoms. The molecule has 0 saturated heterocycles. The minimum absolute atomic E-state index is 0.159. The molecule has 0 bridgehead atoms. The number of hydrogen-bond donors (Lipinski definition) is 0. The van der Waals surface area contributed by atoms with Crippen molar-refractivity contribution in [3.8, 4) is 0 Å². The maximum Gasteiger partial charge on any atom is 0.339 e. The van der Waals surface area contributed by atoms with Crippen LogP contribution in [0, 0.1) is 0 Å². The molecule has 0 aliphatic rings. The van der Waals surface area contributed by atoms with E-state index < -0.39 is 5.97 Å². The van der Waals surface area contributed by atoms with E-state index in [1.54, 1.807) is 18.2 Å². The monoisotopic (exact) mass is 211 g/mol. The first-order chi connectivity index (χ1) is 6.81. The topological polar surface area (TPSA) is 52.3 Å². The van der Waals surface area contributed by atoms with E-state index in [0.717, 1.165) is 0 Å². The lowest BCUT2D eigenvalue weighted by molar-refractivity contribution is 0.0574. The molecule has 0 aliphatic carbocycles. The van der Waals surface area contributed by atoms with E-state index in [-0.39, 0.29) is 6.07 Å². The number of esters is 1. The molecule has 0 saturated carbocycles. The van der Waals surface area contributed by atoms with E-state index in [1.807, 2.05) is 0 Å². The summed E-state index contributed by atoms with van der Waals surface area (Å²) in [5.74, 6) is -0.474. The lowest BCUT2D eigenvalue weighted by Crippen LogP contribution is -2.02. The molecule has 2 aromatic rings. The standard InChI is InChI=1S/C9H6ClNO3/c10-4-13-9(12)6-1-2-7-8(3-6)14-5-11-7/h1-3,5H,4H2. The highest BCUT2D eigenvalue weighted by molar-refractivity contribution is 6.17. The first kappa shape index (κ1) is 9.02. The van der Waals surface area contributed by atoms with Gasteiger partial charge in [-0.2, -0.15) is 0 Å². The maximum atomic E-state index is 11.2. The van der Waals surface area contributed by atoms with Gasteiger partial charge in [-0.25, -0.2) is 9.78 Å². The molecule has 1 heterocycles. The zero-order valence-electron chi connectivity index (χ0n) is 7.07. The number of ether oxygens (including phenoxy) is 1. The second-order valence-corrected chi connectivity index (χ2v) is 2.79. The normalized spacial score (nSPS) is 10.4. The third kappa shape index (κ3) is 1.56. The number of alkyl halides is 1. The summed E-state index contributed by atoms with van der Waals surface area (Å²) in [6, 6.07) is 4.70. The molecule has 0 atom stereocenters. The number of fused-ring (bicyclic) bond motifs is 1. The fourth-order valence-electron chi connectivity index (χ4n) is 1.11. The van der Waals surface area contributed by atoms with Gasteiger partial charge in [-0.05, 0) is 18.2 Å². The van der Waals surface area contributed by atoms with Crippen LogP contribution in [0.4, 0.5) is 0 Å². The van der Waals surface area contributed by atoms with E-state index in [4.69, 9.17) is 16.0 Å². The van der Waals surface area contributed by atoms with Crippen molar-refractivity contribution in [2.45, 2.75) is 0 Å². The van der Waals surface area contributed by atoms with Crippen molar-refractivity contribution in [1.29, 1.82) is 0 Å². The minimum atomic E-state index is -0.474. The SMILES string of the molecule is O=C(OCCl)c1ccc2ncoc2c1. The number of rotatable bonds is 2. The molecule has 5 heteroatoms. The van der Waals surface area contributed by atoms with E-state index in [1.165, 1.54) is 6.39 Å². The molecular formula is C9H6ClNO3. The van der Waals surface area contributed by atoms with Crippen molar-refractivity contribution in [2.75, 3.05) is 6.07 Å². The van der Waals surface area contributed by atoms with E-state index in [2.05, 4.69) is 9.72 Å². The van der Waals surface area contributed by atoms with Crippen LogP contribution in [0.1, 0.15) is 10.4 Å². The molecule has 0 N–H and O–H groups in total. The molecule has 0 spiro atoms. The van der Waals surface area contributed by atoms with Crippen molar-refractivity contribution in [1.82, 2.24) is 4.98 Å². The molecule has 0 fully saturated rings. The highest BCUT2D eigenvalue weighted by Gasteiger charge is 2.08. The van der Waals surface area contributed by atoms with Gasteiger partial charge in [0.1, 0.15) is 5.52 Å². The van der Waals surface area contributed by atoms with Gasteiger partial charge in [-0.3, -0.25) is 0 Å². The Labute approximate surface area is 84.4 Å². The number of benzene rings is 1. The first-order valence-electron chi connectivity index (χ1n) is 3.87. The summed E-state index contributed by atoms with van der Waals surface area (Å²) in [5.41, 5.74) is 1.65. The third-order valence-corrected chi connectivity index (χ3v) is 1.86. The van der Waals surface area contributed by atoms with Gasteiger partial charge in [0.05, 0.1) is 5.56 Å². The average molecular weight is 212 g/mol. The van der Waals surface area contributed by atoms with E-state index in [9.17, 15) is 4.79 Å². The van der Waals surface area contributed by atoms with Crippen LogP contribution in [-0.4, -0.2) is 17.0 Å². The van der Waals surface area contributed by atoms with Gasteiger partial charge in [0.25, 0.3) is 0 Å². The van der Waals surface area contributed by atoms with Crippen molar-refractivity contribution in [3.05, 3.63) is 30.2 Å². The number of oxazole rings is 1. The molecule has 1 aromatic heterocycles. The van der Waals surface area contributed by atoms with Crippen LogP contribution in [0.2, 0.25) is 0 Å². The Bertz CT molecular complexity index is 466. The van der Waals surface area contributed by atoms with Crippen molar-refractivity contribution in [3.63, 3.8) is 0 Å². The van der Waals surface area contributed by atoms with Gasteiger partial charge in [-0.1, -0.05) is 11.6 Å². The Hall–Kier alpha value is -1.55. The zero-order chi connectivity index (χ0) is 9.97. The van der Waals surface area contributed by atoms with Gasteiger partial charge < -0.3 is 9.15 Å². The number of carbonyl (C=O) groups excluding carboxylic acids is 1. The summed E-state index contributed by atoms with van der Waals surface area (Å²) in [6.07, 6.45) is 1.32. The smallest absolute Gasteiger partial charge is 0.339 e. The first-order valence-corrected chi connectivity index (χ1v) is 4.41. The summed E-state index contributed by atoms with van der Waals surface area (Å²) in [4.78, 5) is 15.2. The van der Waals surface area contributed by atoms with Crippen LogP contribution in [-0.2, 0) is 4.74 Å². The molecule has 0 amide bonds. The lowest BCUT2D eigenvalue weighted by Gasteiger charge is -1.99. The van der Waals surface area contributed by atoms with Gasteiger partial charge in [-0.15, -0.1) is 0 Å². The maximum absolute atomic E-state index is 11.2. The number of halogens is 1. The number of carbonyl (C=O) groups is 1. The largest absolute Gasteiger partial charge is 0.446 e. The summed E-state index contributed by atoms with van der Waals surface area (Å²) in [7, 11) is 0. The van der Waals surface area contributed by atoms with Crippen LogP contribution in [0.25, 0.3) is 11.1 Å². The van der Waals surface area contributed by atoms with Crippen LogP contribution < -0.4 is 0 Å². The number of nitrogens with zero attached hydrogens (tertiary/aromatic N) is 1. The Morgan fingerprint density at radius 1 is 1.57 bits per heavy atom. The van der Waals surface area contributed by atoms with Gasteiger partial charge in [0, 0.05) is 0 Å². The summed E-state index contributed by atoms with van der Waals surface area (Å²) >= 11 is 5.26. The fraction of sp³-hybridized carbons (Fsp3) is 0.111. The predicted molar refractivity (Wildman–Crippen MR) is 50.1 cm³/mol. The summed E-state index contributed by atoms with van der Waals surface area (Å²) < 4.78 is 9.65. The summed E-state index contributed by atoms with van der Waals surface area (Å²) in [5, 5.41) is 0. The molecule has 0 radical (unpaired) electrons. The highest BCUT2D eigenvalue weighted by atomic mass is 35.5. The Balaban J connectivity index is 2.38. The average Bonchev–Trinajstić information content (AvgIpc) is 2.64. The van der Waals surface area contributed by atoms with Crippen molar-refractivity contribution in [2.24, 2.45) is 0 Å². The quantitative estimate of drug-likeness (QED) is 0.564. The lowest BCUT2D eigenvalue weighted by atomic mass is 10.2. The van der Waals surface area contributed by atoms with E-state index >= 15 is 0 Å². The number of hydrogen-bond acceptors (Lipinski definition) is 4. The van der Waals surface area contributed by atoms with E-state index in [0.29, 0.717) is 16.7 Å². The third-order valence-electron chi connectivity index (χ3n) is 1.75. The van der Waals surface area contributed by atoms with Crippen molar-refractivity contribution < 1.29 is 13.9 Å². The second-order valence-electron chi connectivity index (χ2n) is 2.58. The molecule has 4 nitrogen and oxygen atoms in total. The van der Waals surface area contributed by atoms with Crippen LogP contribution in [0.15, 0.2) is 29.0 Å². The van der Waals surface area contributed by atoms with Gasteiger partial charge >= 0.3 is 5.97 Å². The number of aromatic nitrogens is 1. The Morgan fingerprint density at radius 3 is 3.21 bits per heavy atom. The van der Waals surface area contributed by atoms with Gasteiger partial charge in [0.15, 0.2) is 18.0 Å². The molecule has 72 valence electrons. The van der Waals surface area contributed by atoms with Crippen molar-refractivity contribution >= 4 is 28.7 Å². The molecule has 0 unspecified atom stereocenters. The van der Waals surface area contributed by atoms with Gasteiger partial charge in [0.2, 0.25) is 0 Å². The molecule has 1 aromatic carbocycles. The van der Waals surface area contributed by atoms with Crippen LogP contribution in [0.3, 0.4) is 0 Å². The Kier molecular flexibility index (Phi) is 2.37. The molecule has 0 aliphatic heterocycles. The minimum Gasteiger partial charge on any atom is -0.446 e.